The van der Waals surface area contributed by atoms with Gasteiger partial charge in [-0.1, -0.05) is 19.1 Å². The Hall–Kier alpha value is -5.71. The van der Waals surface area contributed by atoms with Gasteiger partial charge in [-0.2, -0.15) is 17.8 Å². The number of aromatic nitrogens is 3. The third-order valence-corrected chi connectivity index (χ3v) is 13.5. The summed E-state index contributed by atoms with van der Waals surface area (Å²) in [6, 6.07) is 21.6. The Balaban J connectivity index is 0.889. The number of rotatable bonds is 12. The second-order valence-corrected chi connectivity index (χ2v) is 17.5. The normalized spacial score (nSPS) is 18.2. The number of nitrogens with one attached hydrogen (secondary N) is 2. The van der Waals surface area contributed by atoms with E-state index in [0.717, 1.165) is 92.0 Å². The standard InChI is InChI=1S/C44H49F2N9O4S/c1-3-51(2)60(58,59)50-40-27-33(45)26-38(42(40)46)39-29-55(49-43(39)32-14-18-47-19-15-32)36-10-8-35(9-11-36)54-24-22-52(23-25-54)28-30-16-20-53(21-17-30)34-6-4-31(5-7-34)37-12-13-41(56)48-44(37)57/h4-11,14-15,18-19,26-27,29-30,37,50H,3,12-13,16-17,20-25,28H2,1-2H3,(H,48,56,57). The molecule has 8 rings (SSSR count). The molecular formula is C44H49F2N9O4S. The van der Waals surface area contributed by atoms with Crippen LogP contribution in [0, 0.1) is 17.6 Å². The summed E-state index contributed by atoms with van der Waals surface area (Å²) in [5.74, 6) is -1.77. The van der Waals surface area contributed by atoms with Crippen LogP contribution in [0.3, 0.4) is 0 Å². The van der Waals surface area contributed by atoms with Gasteiger partial charge in [-0.3, -0.25) is 29.5 Å². The van der Waals surface area contributed by atoms with Crippen LogP contribution in [0.1, 0.15) is 44.1 Å². The van der Waals surface area contributed by atoms with Gasteiger partial charge in [0, 0.05) is 119 Å². The molecule has 1 unspecified atom stereocenters. The van der Waals surface area contributed by atoms with Crippen LogP contribution in [0.25, 0.3) is 28.1 Å². The highest BCUT2D eigenvalue weighted by Gasteiger charge is 2.29. The SMILES string of the molecule is CCN(C)S(=O)(=O)Nc1cc(F)cc(-c2cn(-c3ccc(N4CCN(CC5CCN(c6ccc(C7CCC(=O)NC7=O)cc6)CC5)CC4)cc3)nc2-c2ccncc2)c1F. The molecule has 2 aromatic heterocycles. The van der Waals surface area contributed by atoms with Crippen molar-refractivity contribution in [3.63, 3.8) is 0 Å². The number of benzene rings is 3. The molecule has 3 saturated heterocycles. The minimum absolute atomic E-state index is 0.136. The van der Waals surface area contributed by atoms with Crippen molar-refractivity contribution >= 4 is 39.1 Å². The van der Waals surface area contributed by atoms with Crippen LogP contribution in [-0.4, -0.2) is 104 Å². The van der Waals surface area contributed by atoms with Gasteiger partial charge in [-0.15, -0.1) is 0 Å². The first-order chi connectivity index (χ1) is 28.9. The highest BCUT2D eigenvalue weighted by Crippen LogP contribution is 2.37. The van der Waals surface area contributed by atoms with Gasteiger partial charge in [0.25, 0.3) is 0 Å². The summed E-state index contributed by atoms with van der Waals surface area (Å²) in [6.07, 6.45) is 7.98. The van der Waals surface area contributed by atoms with Gasteiger partial charge in [0.05, 0.1) is 17.3 Å². The number of anilines is 3. The summed E-state index contributed by atoms with van der Waals surface area (Å²) in [7, 11) is -2.77. The monoisotopic (exact) mass is 837 g/mol. The van der Waals surface area contributed by atoms with Crippen LogP contribution < -0.4 is 19.8 Å². The second-order valence-electron chi connectivity index (χ2n) is 15.7. The maximum absolute atomic E-state index is 16.1. The van der Waals surface area contributed by atoms with Crippen LogP contribution >= 0.6 is 0 Å². The lowest BCUT2D eigenvalue weighted by Gasteiger charge is -2.40. The first-order valence-electron chi connectivity index (χ1n) is 20.5. The highest BCUT2D eigenvalue weighted by molar-refractivity contribution is 7.90. The lowest BCUT2D eigenvalue weighted by atomic mass is 9.90. The van der Waals surface area contributed by atoms with E-state index in [1.807, 2.05) is 36.4 Å². The zero-order valence-electron chi connectivity index (χ0n) is 33.7. The maximum Gasteiger partial charge on any atom is 0.301 e. The number of hydrogen-bond donors (Lipinski definition) is 2. The fourth-order valence-corrected chi connectivity index (χ4v) is 9.27. The van der Waals surface area contributed by atoms with Crippen molar-refractivity contribution in [3.05, 3.63) is 109 Å². The van der Waals surface area contributed by atoms with Crippen LogP contribution in [-0.2, 0) is 19.8 Å². The van der Waals surface area contributed by atoms with E-state index in [4.69, 9.17) is 5.10 Å². The van der Waals surface area contributed by atoms with E-state index in [1.165, 1.54) is 12.7 Å². The number of piperazine rings is 1. The molecule has 3 aliphatic rings. The molecule has 2 amide bonds. The third kappa shape index (κ3) is 8.90. The van der Waals surface area contributed by atoms with Gasteiger partial charge >= 0.3 is 10.2 Å². The van der Waals surface area contributed by atoms with Crippen molar-refractivity contribution in [3.8, 4) is 28.1 Å². The first-order valence-corrected chi connectivity index (χ1v) is 21.9. The third-order valence-electron chi connectivity index (χ3n) is 12.0. The van der Waals surface area contributed by atoms with Crippen LogP contribution in [0.15, 0.2) is 91.4 Å². The Kier molecular flexibility index (Phi) is 12.0. The van der Waals surface area contributed by atoms with Gasteiger partial charge < -0.3 is 9.80 Å². The molecule has 16 heteroatoms. The smallest absolute Gasteiger partial charge is 0.301 e. The molecular weight excluding hydrogens is 789 g/mol. The van der Waals surface area contributed by atoms with E-state index >= 15 is 8.78 Å². The molecule has 0 bridgehead atoms. The zero-order valence-corrected chi connectivity index (χ0v) is 34.5. The Morgan fingerprint density at radius 2 is 1.45 bits per heavy atom. The van der Waals surface area contributed by atoms with Gasteiger partial charge in [0.2, 0.25) is 11.8 Å². The number of amides is 2. The van der Waals surface area contributed by atoms with E-state index in [1.54, 1.807) is 42.3 Å². The molecule has 60 heavy (non-hydrogen) atoms. The van der Waals surface area contributed by atoms with E-state index in [9.17, 15) is 18.0 Å². The molecule has 5 aromatic rings. The quantitative estimate of drug-likeness (QED) is 0.144. The number of hydrogen-bond acceptors (Lipinski definition) is 9. The molecule has 3 aliphatic heterocycles. The summed E-state index contributed by atoms with van der Waals surface area (Å²) < 4.78 is 61.5. The van der Waals surface area contributed by atoms with Crippen molar-refractivity contribution in [2.75, 3.05) is 73.9 Å². The van der Waals surface area contributed by atoms with Gasteiger partial charge in [-0.05, 0) is 85.3 Å². The Morgan fingerprint density at radius 3 is 2.10 bits per heavy atom. The number of piperidine rings is 2. The molecule has 3 aromatic carbocycles. The fraction of sp³-hybridized carbons (Fsp3) is 0.364. The number of carbonyl (C=O) groups is 2. The summed E-state index contributed by atoms with van der Waals surface area (Å²) in [6.45, 7) is 8.57. The van der Waals surface area contributed by atoms with Gasteiger partial charge in [-0.25, -0.2) is 13.5 Å². The van der Waals surface area contributed by atoms with Gasteiger partial charge in [0.1, 0.15) is 11.5 Å². The van der Waals surface area contributed by atoms with E-state index in [-0.39, 0.29) is 35.4 Å². The molecule has 13 nitrogen and oxygen atoms in total. The summed E-state index contributed by atoms with van der Waals surface area (Å²) in [5.41, 5.74) is 4.60. The van der Waals surface area contributed by atoms with Crippen molar-refractivity contribution < 1.29 is 26.8 Å². The van der Waals surface area contributed by atoms with Crippen molar-refractivity contribution in [2.24, 2.45) is 5.92 Å². The predicted molar refractivity (Wildman–Crippen MR) is 228 cm³/mol. The lowest BCUT2D eigenvalue weighted by Crippen LogP contribution is -2.49. The molecule has 0 radical (unpaired) electrons. The average molecular weight is 838 g/mol. The molecule has 0 aliphatic carbocycles. The van der Waals surface area contributed by atoms with E-state index in [2.05, 4.69) is 41.9 Å². The number of carbonyl (C=O) groups excluding carboxylic acids is 2. The Labute approximate surface area is 349 Å². The fourth-order valence-electron chi connectivity index (χ4n) is 8.35. The Morgan fingerprint density at radius 1 is 0.817 bits per heavy atom. The van der Waals surface area contributed by atoms with E-state index < -0.39 is 27.5 Å². The largest absolute Gasteiger partial charge is 0.372 e. The van der Waals surface area contributed by atoms with Crippen LogP contribution in [0.4, 0.5) is 25.8 Å². The zero-order chi connectivity index (χ0) is 42.0. The lowest BCUT2D eigenvalue weighted by molar-refractivity contribution is -0.134. The number of nitrogens with zero attached hydrogens (tertiary/aromatic N) is 7. The van der Waals surface area contributed by atoms with Crippen molar-refractivity contribution in [1.82, 2.24) is 29.3 Å². The summed E-state index contributed by atoms with van der Waals surface area (Å²) >= 11 is 0. The van der Waals surface area contributed by atoms with E-state index in [0.29, 0.717) is 30.0 Å². The summed E-state index contributed by atoms with van der Waals surface area (Å²) in [4.78, 5) is 35.3. The van der Waals surface area contributed by atoms with Crippen LogP contribution in [0.2, 0.25) is 0 Å². The second kappa shape index (κ2) is 17.5. The highest BCUT2D eigenvalue weighted by atomic mass is 32.2. The van der Waals surface area contributed by atoms with Crippen molar-refractivity contribution in [1.29, 1.82) is 0 Å². The topological polar surface area (TPSA) is 136 Å². The van der Waals surface area contributed by atoms with Gasteiger partial charge in [0.15, 0.2) is 5.82 Å². The molecule has 314 valence electrons. The predicted octanol–water partition coefficient (Wildman–Crippen LogP) is 6.05. The number of imide groups is 1. The van der Waals surface area contributed by atoms with Crippen LogP contribution in [0.5, 0.6) is 0 Å². The molecule has 2 N–H and O–H groups in total. The minimum atomic E-state index is -4.12. The minimum Gasteiger partial charge on any atom is -0.372 e. The molecule has 3 fully saturated rings. The number of pyridine rings is 1. The average Bonchev–Trinajstić information content (AvgIpc) is 3.71. The number of halogens is 2. The molecule has 1 atom stereocenters. The Bertz CT molecular complexity index is 2430. The molecule has 0 spiro atoms. The molecule has 0 saturated carbocycles. The molecule has 5 heterocycles. The first kappa shape index (κ1) is 41.0. The van der Waals surface area contributed by atoms with Crippen molar-refractivity contribution in [2.45, 2.75) is 38.5 Å². The maximum atomic E-state index is 16.1. The summed E-state index contributed by atoms with van der Waals surface area (Å²) in [5, 5.41) is 7.26.